The zero-order chi connectivity index (χ0) is 13.0. The highest BCUT2D eigenvalue weighted by molar-refractivity contribution is 7.99. The number of hydrogen-bond acceptors (Lipinski definition) is 2. The molecule has 0 radical (unpaired) electrons. The van der Waals surface area contributed by atoms with Crippen LogP contribution in [0.5, 0.6) is 0 Å². The molecule has 1 N–H and O–H groups in total. The van der Waals surface area contributed by atoms with Gasteiger partial charge in [0.15, 0.2) is 0 Å². The Morgan fingerprint density at radius 2 is 2.00 bits per heavy atom. The zero-order valence-electron chi connectivity index (χ0n) is 11.8. The van der Waals surface area contributed by atoms with Gasteiger partial charge in [0, 0.05) is 17.0 Å². The highest BCUT2D eigenvalue weighted by atomic mass is 32.2. The summed E-state index contributed by atoms with van der Waals surface area (Å²) in [6, 6.07) is 11.5. The van der Waals surface area contributed by atoms with Crippen molar-refractivity contribution in [3.05, 3.63) is 35.9 Å². The van der Waals surface area contributed by atoms with E-state index in [0.29, 0.717) is 11.5 Å². The maximum atomic E-state index is 3.51. The summed E-state index contributed by atoms with van der Waals surface area (Å²) in [4.78, 5) is 0. The summed E-state index contributed by atoms with van der Waals surface area (Å²) < 4.78 is 0. The molecule has 0 spiro atoms. The molecule has 0 bridgehead atoms. The summed E-state index contributed by atoms with van der Waals surface area (Å²) in [5.41, 5.74) is 1.96. The average molecular weight is 263 g/mol. The van der Waals surface area contributed by atoms with Crippen molar-refractivity contribution in [2.75, 3.05) is 7.05 Å². The van der Waals surface area contributed by atoms with E-state index in [1.807, 2.05) is 0 Å². The summed E-state index contributed by atoms with van der Waals surface area (Å²) in [6.07, 6.45) is 3.99. The molecule has 2 rings (SSSR count). The van der Waals surface area contributed by atoms with E-state index in [-0.39, 0.29) is 0 Å². The number of hydrogen-bond donors (Lipinski definition) is 1. The van der Waals surface area contributed by atoms with Gasteiger partial charge in [0.05, 0.1) is 0 Å². The maximum Gasteiger partial charge on any atom is 0.0209 e. The van der Waals surface area contributed by atoms with E-state index in [1.54, 1.807) is 0 Å². The van der Waals surface area contributed by atoms with Gasteiger partial charge in [-0.05, 0) is 37.3 Å². The molecule has 0 saturated heterocycles. The van der Waals surface area contributed by atoms with Gasteiger partial charge in [0.25, 0.3) is 0 Å². The lowest BCUT2D eigenvalue weighted by Gasteiger charge is -2.40. The molecule has 1 aliphatic carbocycles. The second kappa shape index (κ2) is 6.12. The minimum atomic E-state index is 0.516. The lowest BCUT2D eigenvalue weighted by Crippen LogP contribution is -2.43. The van der Waals surface area contributed by atoms with Gasteiger partial charge in [-0.2, -0.15) is 11.8 Å². The van der Waals surface area contributed by atoms with Gasteiger partial charge in [-0.3, -0.25) is 0 Å². The Kier molecular flexibility index (Phi) is 4.74. The van der Waals surface area contributed by atoms with Crippen LogP contribution in [-0.2, 0) is 5.75 Å². The van der Waals surface area contributed by atoms with E-state index in [1.165, 1.54) is 24.8 Å². The van der Waals surface area contributed by atoms with Crippen LogP contribution in [0.2, 0.25) is 0 Å². The predicted molar refractivity (Wildman–Crippen MR) is 82.0 cm³/mol. The van der Waals surface area contributed by atoms with Crippen LogP contribution >= 0.6 is 11.8 Å². The Labute approximate surface area is 116 Å². The van der Waals surface area contributed by atoms with E-state index in [2.05, 4.69) is 68.3 Å². The van der Waals surface area contributed by atoms with Crippen molar-refractivity contribution in [2.45, 2.75) is 50.2 Å². The summed E-state index contributed by atoms with van der Waals surface area (Å²) >= 11 is 2.12. The Morgan fingerprint density at radius 3 is 2.67 bits per heavy atom. The molecule has 1 aromatic carbocycles. The molecule has 0 heterocycles. The Morgan fingerprint density at radius 1 is 1.28 bits per heavy atom. The van der Waals surface area contributed by atoms with Crippen LogP contribution in [0.3, 0.4) is 0 Å². The third kappa shape index (κ3) is 3.76. The van der Waals surface area contributed by atoms with Gasteiger partial charge in [-0.25, -0.2) is 0 Å². The van der Waals surface area contributed by atoms with Gasteiger partial charge >= 0.3 is 0 Å². The fraction of sp³-hybridized carbons (Fsp3) is 0.625. The van der Waals surface area contributed by atoms with Crippen molar-refractivity contribution >= 4 is 11.8 Å². The SMILES string of the molecule is CNC1CCC(C)(C)CC1SCc1ccccc1. The topological polar surface area (TPSA) is 12.0 Å². The van der Waals surface area contributed by atoms with Crippen LogP contribution < -0.4 is 5.32 Å². The number of nitrogens with one attached hydrogen (secondary N) is 1. The maximum absolute atomic E-state index is 3.51. The first-order valence-corrected chi connectivity index (χ1v) is 7.98. The number of benzene rings is 1. The average Bonchev–Trinajstić information content (AvgIpc) is 2.37. The molecule has 100 valence electrons. The van der Waals surface area contributed by atoms with Crippen molar-refractivity contribution in [1.82, 2.24) is 5.32 Å². The summed E-state index contributed by atoms with van der Waals surface area (Å²) in [5, 5.41) is 4.26. The predicted octanol–water partition coefficient (Wildman–Crippen LogP) is 4.09. The second-order valence-electron chi connectivity index (χ2n) is 6.14. The fourth-order valence-corrected chi connectivity index (χ4v) is 4.48. The van der Waals surface area contributed by atoms with Gasteiger partial charge in [0.2, 0.25) is 0 Å². The van der Waals surface area contributed by atoms with E-state index in [9.17, 15) is 0 Å². The van der Waals surface area contributed by atoms with Crippen LogP contribution in [0.15, 0.2) is 30.3 Å². The molecule has 1 aliphatic rings. The Balaban J connectivity index is 1.93. The van der Waals surface area contributed by atoms with Gasteiger partial charge in [-0.1, -0.05) is 44.2 Å². The summed E-state index contributed by atoms with van der Waals surface area (Å²) in [6.45, 7) is 4.82. The summed E-state index contributed by atoms with van der Waals surface area (Å²) in [5.74, 6) is 1.14. The molecule has 1 aromatic rings. The van der Waals surface area contributed by atoms with Crippen molar-refractivity contribution in [2.24, 2.45) is 5.41 Å². The fourth-order valence-electron chi connectivity index (χ4n) is 2.80. The second-order valence-corrected chi connectivity index (χ2v) is 7.36. The molecule has 1 nitrogen and oxygen atoms in total. The normalized spacial score (nSPS) is 27.1. The van der Waals surface area contributed by atoms with Crippen molar-refractivity contribution in [3.8, 4) is 0 Å². The highest BCUT2D eigenvalue weighted by Gasteiger charge is 2.34. The van der Waals surface area contributed by atoms with E-state index in [0.717, 1.165) is 11.0 Å². The molecule has 1 fully saturated rings. The lowest BCUT2D eigenvalue weighted by atomic mass is 9.75. The van der Waals surface area contributed by atoms with Crippen LogP contribution in [0, 0.1) is 5.41 Å². The molecule has 2 heteroatoms. The first-order valence-electron chi connectivity index (χ1n) is 6.93. The number of thioether (sulfide) groups is 1. The minimum Gasteiger partial charge on any atom is -0.316 e. The molecule has 1 saturated carbocycles. The Bertz CT molecular complexity index is 361. The van der Waals surface area contributed by atoms with Gasteiger partial charge in [-0.15, -0.1) is 0 Å². The molecule has 0 aliphatic heterocycles. The molecule has 0 aromatic heterocycles. The largest absolute Gasteiger partial charge is 0.316 e. The van der Waals surface area contributed by atoms with Crippen LogP contribution in [0.4, 0.5) is 0 Å². The van der Waals surface area contributed by atoms with Gasteiger partial charge < -0.3 is 5.32 Å². The lowest BCUT2D eigenvalue weighted by molar-refractivity contribution is 0.218. The molecular formula is C16H25NS. The molecule has 0 amide bonds. The third-order valence-electron chi connectivity index (χ3n) is 4.01. The first-order chi connectivity index (χ1) is 8.61. The van der Waals surface area contributed by atoms with Crippen molar-refractivity contribution in [1.29, 1.82) is 0 Å². The first kappa shape index (κ1) is 14.0. The molecular weight excluding hydrogens is 238 g/mol. The number of rotatable bonds is 4. The quantitative estimate of drug-likeness (QED) is 0.878. The third-order valence-corrected chi connectivity index (χ3v) is 5.44. The van der Waals surface area contributed by atoms with Gasteiger partial charge in [0.1, 0.15) is 0 Å². The van der Waals surface area contributed by atoms with Crippen molar-refractivity contribution in [3.63, 3.8) is 0 Å². The van der Waals surface area contributed by atoms with E-state index in [4.69, 9.17) is 0 Å². The Hall–Kier alpha value is -0.470. The smallest absolute Gasteiger partial charge is 0.0209 e. The monoisotopic (exact) mass is 263 g/mol. The van der Waals surface area contributed by atoms with Crippen LogP contribution in [0.25, 0.3) is 0 Å². The van der Waals surface area contributed by atoms with E-state index < -0.39 is 0 Å². The zero-order valence-corrected chi connectivity index (χ0v) is 12.6. The van der Waals surface area contributed by atoms with Crippen LogP contribution in [-0.4, -0.2) is 18.3 Å². The molecule has 2 unspecified atom stereocenters. The van der Waals surface area contributed by atoms with Crippen molar-refractivity contribution < 1.29 is 0 Å². The molecule has 18 heavy (non-hydrogen) atoms. The molecule has 2 atom stereocenters. The van der Waals surface area contributed by atoms with Crippen LogP contribution in [0.1, 0.15) is 38.7 Å². The standard InChI is InChI=1S/C16H25NS/c1-16(2)10-9-14(17-3)15(11-16)18-12-13-7-5-4-6-8-13/h4-8,14-15,17H,9-12H2,1-3H3. The minimum absolute atomic E-state index is 0.516. The summed E-state index contributed by atoms with van der Waals surface area (Å²) in [7, 11) is 2.11. The highest BCUT2D eigenvalue weighted by Crippen LogP contribution is 2.41. The van der Waals surface area contributed by atoms with E-state index >= 15 is 0 Å².